The molecule has 0 aliphatic rings. The van der Waals surface area contributed by atoms with Crippen molar-refractivity contribution >= 4 is 22.1 Å². The minimum absolute atomic E-state index is 0.0470. The van der Waals surface area contributed by atoms with Crippen LogP contribution in [0.3, 0.4) is 0 Å². The molecule has 1 heterocycles. The predicted molar refractivity (Wildman–Crippen MR) is 88.6 cm³/mol. The van der Waals surface area contributed by atoms with Gasteiger partial charge in [0.2, 0.25) is 0 Å². The van der Waals surface area contributed by atoms with Gasteiger partial charge >= 0.3 is 0 Å². The molecule has 4 heteroatoms. The molecular weight excluding hydrogens is 280 g/mol. The fraction of sp³-hybridized carbons (Fsp3) is 0.176. The van der Waals surface area contributed by atoms with E-state index in [9.17, 15) is 0 Å². The molecule has 0 aliphatic heterocycles. The number of benzene rings is 2. The molecule has 0 fully saturated rings. The Morgan fingerprint density at radius 2 is 1.95 bits per heavy atom. The average molecular weight is 298 g/mol. The van der Waals surface area contributed by atoms with Crippen LogP contribution in [0.25, 0.3) is 10.8 Å². The molecule has 1 aromatic heterocycles. The molecule has 3 N–H and O–H groups in total. The first-order chi connectivity index (χ1) is 10.3. The van der Waals surface area contributed by atoms with Crippen LogP contribution in [0.4, 0.5) is 0 Å². The zero-order valence-corrected chi connectivity index (χ0v) is 12.7. The van der Waals surface area contributed by atoms with Gasteiger partial charge in [0, 0.05) is 0 Å². The number of nitrogens with two attached hydrogens (primary N) is 1. The van der Waals surface area contributed by atoms with E-state index in [4.69, 9.17) is 10.6 Å². The number of hydrogen-bond acceptors (Lipinski definition) is 4. The van der Waals surface area contributed by atoms with Crippen LogP contribution in [-0.4, -0.2) is 7.11 Å². The maximum Gasteiger partial charge on any atom is 0.134 e. The Balaban J connectivity index is 1.96. The minimum Gasteiger partial charge on any atom is -0.496 e. The van der Waals surface area contributed by atoms with Crippen molar-refractivity contribution < 1.29 is 4.74 Å². The lowest BCUT2D eigenvalue weighted by Gasteiger charge is -2.17. The van der Waals surface area contributed by atoms with E-state index in [-0.39, 0.29) is 6.04 Å². The topological polar surface area (TPSA) is 47.3 Å². The van der Waals surface area contributed by atoms with Gasteiger partial charge in [-0.15, -0.1) is 11.3 Å². The molecule has 108 valence electrons. The van der Waals surface area contributed by atoms with Gasteiger partial charge in [-0.2, -0.15) is 0 Å². The number of rotatable bonds is 5. The van der Waals surface area contributed by atoms with Gasteiger partial charge in [-0.25, -0.2) is 0 Å². The molecular formula is C17H18N2OS. The van der Waals surface area contributed by atoms with Crippen LogP contribution in [-0.2, 0) is 6.42 Å². The van der Waals surface area contributed by atoms with Gasteiger partial charge in [0.15, 0.2) is 0 Å². The summed E-state index contributed by atoms with van der Waals surface area (Å²) in [5.74, 6) is 6.67. The van der Waals surface area contributed by atoms with Crippen molar-refractivity contribution in [3.05, 3.63) is 64.4 Å². The van der Waals surface area contributed by atoms with E-state index in [1.54, 1.807) is 18.4 Å². The average Bonchev–Trinajstić information content (AvgIpc) is 3.01. The van der Waals surface area contributed by atoms with Crippen molar-refractivity contribution in [1.82, 2.24) is 5.43 Å². The summed E-state index contributed by atoms with van der Waals surface area (Å²) < 4.78 is 5.41. The summed E-state index contributed by atoms with van der Waals surface area (Å²) >= 11 is 1.66. The third kappa shape index (κ3) is 2.78. The smallest absolute Gasteiger partial charge is 0.134 e. The van der Waals surface area contributed by atoms with Crippen molar-refractivity contribution in [2.75, 3.05) is 7.11 Å². The first-order valence-corrected chi connectivity index (χ1v) is 7.75. The quantitative estimate of drug-likeness (QED) is 0.558. The van der Waals surface area contributed by atoms with E-state index in [2.05, 4.69) is 47.9 Å². The molecule has 0 amide bonds. The van der Waals surface area contributed by atoms with Crippen molar-refractivity contribution in [2.24, 2.45) is 5.84 Å². The first kappa shape index (κ1) is 14.1. The molecule has 0 saturated heterocycles. The van der Waals surface area contributed by atoms with Crippen molar-refractivity contribution in [3.8, 4) is 5.75 Å². The second-order valence-electron chi connectivity index (χ2n) is 4.91. The zero-order valence-electron chi connectivity index (χ0n) is 11.9. The Morgan fingerprint density at radius 1 is 1.14 bits per heavy atom. The summed E-state index contributed by atoms with van der Waals surface area (Å²) in [6.07, 6.45) is 0.828. The van der Waals surface area contributed by atoms with Gasteiger partial charge in [-0.1, -0.05) is 42.5 Å². The monoisotopic (exact) mass is 298 g/mol. The van der Waals surface area contributed by atoms with E-state index < -0.39 is 0 Å². The minimum atomic E-state index is 0.0470. The van der Waals surface area contributed by atoms with Crippen LogP contribution in [0.15, 0.2) is 53.9 Å². The van der Waals surface area contributed by atoms with Gasteiger partial charge in [0.05, 0.1) is 18.0 Å². The van der Waals surface area contributed by atoms with E-state index in [0.717, 1.165) is 17.0 Å². The lowest BCUT2D eigenvalue weighted by Crippen LogP contribution is -2.29. The van der Waals surface area contributed by atoms with Crippen LogP contribution >= 0.6 is 11.3 Å². The Morgan fingerprint density at radius 3 is 2.76 bits per heavy atom. The highest BCUT2D eigenvalue weighted by atomic mass is 32.1. The number of hydrazine groups is 1. The summed E-state index contributed by atoms with van der Waals surface area (Å²) in [6.45, 7) is 0. The van der Waals surface area contributed by atoms with Gasteiger partial charge in [0.25, 0.3) is 0 Å². The normalized spacial score (nSPS) is 12.5. The third-order valence-electron chi connectivity index (χ3n) is 3.70. The fourth-order valence-electron chi connectivity index (χ4n) is 2.65. The number of fused-ring (bicyclic) bond motifs is 1. The van der Waals surface area contributed by atoms with Gasteiger partial charge < -0.3 is 4.74 Å². The Kier molecular flexibility index (Phi) is 4.20. The standard InChI is InChI=1S/C17H18N2OS/c1-20-16-9-10-21-17(16)15(19-18)11-13-7-4-6-12-5-2-3-8-14(12)13/h2-10,15,19H,11,18H2,1H3. The van der Waals surface area contributed by atoms with E-state index in [1.807, 2.05) is 11.4 Å². The van der Waals surface area contributed by atoms with E-state index >= 15 is 0 Å². The molecule has 3 nitrogen and oxygen atoms in total. The van der Waals surface area contributed by atoms with Crippen LogP contribution < -0.4 is 16.0 Å². The molecule has 0 bridgehead atoms. The summed E-state index contributed by atoms with van der Waals surface area (Å²) in [5, 5.41) is 4.56. The maximum atomic E-state index is 5.78. The van der Waals surface area contributed by atoms with Crippen LogP contribution in [0.2, 0.25) is 0 Å². The summed E-state index contributed by atoms with van der Waals surface area (Å²) in [4.78, 5) is 1.13. The molecule has 0 radical (unpaired) electrons. The van der Waals surface area contributed by atoms with Gasteiger partial charge in [0.1, 0.15) is 5.75 Å². The highest BCUT2D eigenvalue weighted by molar-refractivity contribution is 7.10. The number of ether oxygens (including phenoxy) is 1. The third-order valence-corrected chi connectivity index (χ3v) is 4.71. The largest absolute Gasteiger partial charge is 0.496 e. The number of hydrogen-bond donors (Lipinski definition) is 2. The molecule has 21 heavy (non-hydrogen) atoms. The number of thiophene rings is 1. The second kappa shape index (κ2) is 6.26. The fourth-order valence-corrected chi connectivity index (χ4v) is 3.57. The van der Waals surface area contributed by atoms with Crippen LogP contribution in [0.1, 0.15) is 16.5 Å². The number of nitrogens with one attached hydrogen (secondary N) is 1. The number of methoxy groups -OCH3 is 1. The highest BCUT2D eigenvalue weighted by Crippen LogP contribution is 2.33. The van der Waals surface area contributed by atoms with Crippen molar-refractivity contribution in [3.63, 3.8) is 0 Å². The summed E-state index contributed by atoms with van der Waals surface area (Å²) in [5.41, 5.74) is 4.21. The second-order valence-corrected chi connectivity index (χ2v) is 5.86. The molecule has 1 atom stereocenters. The predicted octanol–water partition coefficient (Wildman–Crippen LogP) is 3.66. The molecule has 0 aliphatic carbocycles. The van der Waals surface area contributed by atoms with E-state index in [0.29, 0.717) is 0 Å². The molecule has 3 rings (SSSR count). The SMILES string of the molecule is COc1ccsc1C(Cc1cccc2ccccc12)NN. The van der Waals surface area contributed by atoms with Crippen LogP contribution in [0.5, 0.6) is 5.75 Å². The van der Waals surface area contributed by atoms with Gasteiger partial charge in [-0.3, -0.25) is 11.3 Å². The highest BCUT2D eigenvalue weighted by Gasteiger charge is 2.17. The van der Waals surface area contributed by atoms with Gasteiger partial charge in [-0.05, 0) is 34.2 Å². The Hall–Kier alpha value is -1.88. The van der Waals surface area contributed by atoms with Crippen molar-refractivity contribution in [2.45, 2.75) is 12.5 Å². The van der Waals surface area contributed by atoms with E-state index in [1.165, 1.54) is 16.3 Å². The Bertz CT molecular complexity index is 733. The molecule has 2 aromatic carbocycles. The molecule has 0 saturated carbocycles. The molecule has 0 spiro atoms. The first-order valence-electron chi connectivity index (χ1n) is 6.87. The lowest BCUT2D eigenvalue weighted by molar-refractivity contribution is 0.403. The zero-order chi connectivity index (χ0) is 14.7. The lowest BCUT2D eigenvalue weighted by atomic mass is 9.98. The molecule has 3 aromatic rings. The molecule has 1 unspecified atom stereocenters. The Labute approximate surface area is 128 Å². The van der Waals surface area contributed by atoms with Crippen LogP contribution in [0, 0.1) is 0 Å². The van der Waals surface area contributed by atoms with Crippen molar-refractivity contribution in [1.29, 1.82) is 0 Å². The maximum absolute atomic E-state index is 5.78. The summed E-state index contributed by atoms with van der Waals surface area (Å²) in [6, 6.07) is 16.8. The summed E-state index contributed by atoms with van der Waals surface area (Å²) in [7, 11) is 1.69.